The van der Waals surface area contributed by atoms with E-state index in [-0.39, 0.29) is 4.90 Å². The molecular weight excluding hydrogens is 200 g/mol. The molecule has 0 unspecified atom stereocenters. The van der Waals surface area contributed by atoms with Crippen molar-refractivity contribution in [3.8, 4) is 0 Å². The Bertz CT molecular complexity index is 429. The zero-order valence-corrected chi connectivity index (χ0v) is 8.97. The van der Waals surface area contributed by atoms with Crippen molar-refractivity contribution >= 4 is 15.7 Å². The summed E-state index contributed by atoms with van der Waals surface area (Å²) in [5, 5.41) is 0. The highest BCUT2D eigenvalue weighted by molar-refractivity contribution is 7.86. The van der Waals surface area contributed by atoms with E-state index in [9.17, 15) is 8.42 Å². The zero-order valence-electron chi connectivity index (χ0n) is 8.15. The number of rotatable bonds is 3. The van der Waals surface area contributed by atoms with Crippen LogP contribution in [0.25, 0.3) is 5.57 Å². The van der Waals surface area contributed by atoms with Crippen LogP contribution in [0, 0.1) is 0 Å². The largest absolute Gasteiger partial charge is 0.296 e. The van der Waals surface area contributed by atoms with E-state index < -0.39 is 10.1 Å². The van der Waals surface area contributed by atoms with Crippen LogP contribution in [0.4, 0.5) is 0 Å². The molecule has 14 heavy (non-hydrogen) atoms. The molecule has 76 valence electrons. The molecule has 0 fully saturated rings. The van der Waals surface area contributed by atoms with Crippen LogP contribution in [0.5, 0.6) is 0 Å². The summed E-state index contributed by atoms with van der Waals surface area (Å²) < 4.78 is 26.8. The lowest BCUT2D eigenvalue weighted by molar-refractivity contribution is 0.398. The van der Waals surface area contributed by atoms with Crippen molar-refractivity contribution in [3.05, 3.63) is 36.4 Å². The van der Waals surface area contributed by atoms with Crippen LogP contribution in [-0.4, -0.2) is 15.5 Å². The zero-order chi connectivity index (χ0) is 10.8. The van der Waals surface area contributed by atoms with Crippen LogP contribution in [0.15, 0.2) is 35.7 Å². The highest BCUT2D eigenvalue weighted by Gasteiger charge is 2.11. The summed E-state index contributed by atoms with van der Waals surface area (Å²) >= 11 is 0. The molecule has 0 saturated carbocycles. The molecule has 0 saturated heterocycles. The fraction of sp³-hybridized carbons (Fsp3) is 0.200. The summed E-state index contributed by atoms with van der Waals surface area (Å²) in [5.74, 6) is 0. The van der Waals surface area contributed by atoms with Crippen LogP contribution < -0.4 is 0 Å². The van der Waals surface area contributed by atoms with Crippen LogP contribution in [-0.2, 0) is 14.3 Å². The Labute approximate surface area is 84.1 Å². The Kier molecular flexibility index (Phi) is 3.08. The molecule has 0 atom stereocenters. The van der Waals surface area contributed by atoms with Crippen molar-refractivity contribution in [2.24, 2.45) is 0 Å². The van der Waals surface area contributed by atoms with Crippen molar-refractivity contribution in [1.82, 2.24) is 0 Å². The van der Waals surface area contributed by atoms with Gasteiger partial charge in [0.15, 0.2) is 0 Å². The predicted octanol–water partition coefficient (Wildman–Crippen LogP) is 2.05. The molecule has 1 rings (SSSR count). The molecular formula is C10H12O3S. The van der Waals surface area contributed by atoms with E-state index in [0.717, 1.165) is 18.2 Å². The maximum absolute atomic E-state index is 11.2. The second kappa shape index (κ2) is 3.94. The van der Waals surface area contributed by atoms with Crippen LogP contribution in [0.3, 0.4) is 0 Å². The van der Waals surface area contributed by atoms with E-state index in [2.05, 4.69) is 10.8 Å². The van der Waals surface area contributed by atoms with Gasteiger partial charge in [0.2, 0.25) is 0 Å². The summed E-state index contributed by atoms with van der Waals surface area (Å²) in [4.78, 5) is 0.157. The van der Waals surface area contributed by atoms with Crippen molar-refractivity contribution in [3.63, 3.8) is 0 Å². The molecule has 0 spiro atoms. The maximum atomic E-state index is 11.2. The minimum Gasteiger partial charge on any atom is -0.270 e. The fourth-order valence-corrected chi connectivity index (χ4v) is 1.66. The number of allylic oxidation sites excluding steroid dienone is 1. The highest BCUT2D eigenvalue weighted by Crippen LogP contribution is 2.16. The third kappa shape index (κ3) is 2.21. The van der Waals surface area contributed by atoms with Crippen LogP contribution >= 0.6 is 0 Å². The van der Waals surface area contributed by atoms with Crippen LogP contribution in [0.2, 0.25) is 0 Å². The Balaban J connectivity index is 3.12. The Morgan fingerprint density at radius 1 is 1.29 bits per heavy atom. The summed E-state index contributed by atoms with van der Waals surface area (Å²) in [5.41, 5.74) is 1.81. The first-order chi connectivity index (χ1) is 6.47. The van der Waals surface area contributed by atoms with Gasteiger partial charge in [-0.15, -0.1) is 0 Å². The molecule has 4 heteroatoms. The number of benzene rings is 1. The fourth-order valence-electron chi connectivity index (χ4n) is 1.00. The monoisotopic (exact) mass is 212 g/mol. The molecule has 0 aliphatic rings. The first kappa shape index (κ1) is 10.9. The Hall–Kier alpha value is -1.13. The van der Waals surface area contributed by atoms with Gasteiger partial charge in [0.05, 0.1) is 12.0 Å². The van der Waals surface area contributed by atoms with E-state index in [1.165, 1.54) is 12.1 Å². The predicted molar refractivity (Wildman–Crippen MR) is 55.3 cm³/mol. The van der Waals surface area contributed by atoms with Gasteiger partial charge in [0.1, 0.15) is 0 Å². The SMILES string of the molecule is C=C(C)c1ccc(S(=O)(=O)OC)cc1. The maximum Gasteiger partial charge on any atom is 0.296 e. The van der Waals surface area contributed by atoms with Gasteiger partial charge < -0.3 is 0 Å². The van der Waals surface area contributed by atoms with Gasteiger partial charge in [-0.1, -0.05) is 24.3 Å². The molecule has 1 aromatic rings. The lowest BCUT2D eigenvalue weighted by atomic mass is 10.1. The topological polar surface area (TPSA) is 43.4 Å². The summed E-state index contributed by atoms with van der Waals surface area (Å²) in [6, 6.07) is 6.41. The molecule has 0 N–H and O–H groups in total. The summed E-state index contributed by atoms with van der Waals surface area (Å²) in [6.07, 6.45) is 0. The quantitative estimate of drug-likeness (QED) is 0.720. The van der Waals surface area contributed by atoms with Crippen molar-refractivity contribution in [1.29, 1.82) is 0 Å². The Morgan fingerprint density at radius 2 is 1.79 bits per heavy atom. The first-order valence-corrected chi connectivity index (χ1v) is 5.45. The van der Waals surface area contributed by atoms with Gasteiger partial charge in [-0.05, 0) is 24.6 Å². The third-order valence-electron chi connectivity index (χ3n) is 1.86. The van der Waals surface area contributed by atoms with Gasteiger partial charge in [0, 0.05) is 0 Å². The molecule has 0 amide bonds. The van der Waals surface area contributed by atoms with Gasteiger partial charge in [-0.3, -0.25) is 4.18 Å². The lowest BCUT2D eigenvalue weighted by Crippen LogP contribution is -2.02. The number of hydrogen-bond acceptors (Lipinski definition) is 3. The second-order valence-electron chi connectivity index (χ2n) is 2.93. The molecule has 0 aliphatic heterocycles. The van der Waals surface area contributed by atoms with E-state index in [4.69, 9.17) is 0 Å². The average molecular weight is 212 g/mol. The van der Waals surface area contributed by atoms with Gasteiger partial charge in [0.25, 0.3) is 10.1 Å². The molecule has 3 nitrogen and oxygen atoms in total. The summed E-state index contributed by atoms with van der Waals surface area (Å²) in [6.45, 7) is 5.62. The normalized spacial score (nSPS) is 11.3. The molecule has 1 aromatic carbocycles. The van der Waals surface area contributed by atoms with Crippen LogP contribution in [0.1, 0.15) is 12.5 Å². The molecule has 0 bridgehead atoms. The number of hydrogen-bond donors (Lipinski definition) is 0. The Morgan fingerprint density at radius 3 is 2.14 bits per heavy atom. The van der Waals surface area contributed by atoms with E-state index in [0.29, 0.717) is 0 Å². The van der Waals surface area contributed by atoms with E-state index >= 15 is 0 Å². The first-order valence-electron chi connectivity index (χ1n) is 4.04. The smallest absolute Gasteiger partial charge is 0.270 e. The van der Waals surface area contributed by atoms with E-state index in [1.54, 1.807) is 12.1 Å². The molecule has 0 aliphatic carbocycles. The minimum atomic E-state index is -3.57. The van der Waals surface area contributed by atoms with Crippen molar-refractivity contribution < 1.29 is 12.6 Å². The van der Waals surface area contributed by atoms with E-state index in [1.807, 2.05) is 6.92 Å². The minimum absolute atomic E-state index is 0.157. The lowest BCUT2D eigenvalue weighted by Gasteiger charge is -2.03. The average Bonchev–Trinajstić information content (AvgIpc) is 2.18. The standard InChI is InChI=1S/C10H12O3S/c1-8(2)9-4-6-10(7-5-9)14(11,12)13-3/h4-7H,1H2,2-3H3. The highest BCUT2D eigenvalue weighted by atomic mass is 32.2. The van der Waals surface area contributed by atoms with Gasteiger partial charge in [-0.25, -0.2) is 0 Å². The third-order valence-corrected chi connectivity index (χ3v) is 3.14. The summed E-state index contributed by atoms with van der Waals surface area (Å²) in [7, 11) is -2.43. The van der Waals surface area contributed by atoms with Gasteiger partial charge in [-0.2, -0.15) is 8.42 Å². The van der Waals surface area contributed by atoms with Crippen molar-refractivity contribution in [2.45, 2.75) is 11.8 Å². The van der Waals surface area contributed by atoms with Crippen molar-refractivity contribution in [2.75, 3.05) is 7.11 Å². The van der Waals surface area contributed by atoms with Gasteiger partial charge >= 0.3 is 0 Å². The molecule has 0 heterocycles. The molecule has 0 aromatic heterocycles. The second-order valence-corrected chi connectivity index (χ2v) is 4.64. The molecule has 0 radical (unpaired) electrons.